The number of ether oxygens (including phenoxy) is 3. The summed E-state index contributed by atoms with van der Waals surface area (Å²) in [6.07, 6.45) is 0.785. The molecule has 4 heteroatoms. The summed E-state index contributed by atoms with van der Waals surface area (Å²) in [6, 6.07) is 0. The van der Waals surface area contributed by atoms with Crippen molar-refractivity contribution in [3.63, 3.8) is 0 Å². The molecule has 2 heterocycles. The van der Waals surface area contributed by atoms with Crippen LogP contribution in [0.15, 0.2) is 0 Å². The van der Waals surface area contributed by atoms with Crippen molar-refractivity contribution in [2.75, 3.05) is 26.4 Å². The molecule has 2 saturated heterocycles. The van der Waals surface area contributed by atoms with E-state index >= 15 is 0 Å². The van der Waals surface area contributed by atoms with Gasteiger partial charge in [0.25, 0.3) is 0 Å². The second-order valence-corrected chi connectivity index (χ2v) is 2.45. The number of epoxide rings is 2. The Bertz CT molecular complexity index is 89.2. The summed E-state index contributed by atoms with van der Waals surface area (Å²) in [4.78, 5) is 0. The first-order valence-corrected chi connectivity index (χ1v) is 3.26. The number of hydrogen-bond acceptors (Lipinski definition) is 3. The van der Waals surface area contributed by atoms with E-state index in [0.29, 0.717) is 12.2 Å². The van der Waals surface area contributed by atoms with Crippen LogP contribution < -0.4 is 0 Å². The standard InChI is InChI=1S/C6H10O3.Pb.2H/c1(5-3-8-5)7-2-6-4-9-6;;;/h5-6H,1-4H2;;;. The summed E-state index contributed by atoms with van der Waals surface area (Å²) in [5, 5.41) is 0. The van der Waals surface area contributed by atoms with Gasteiger partial charge in [0, 0.05) is 0 Å². The first kappa shape index (κ1) is 8.89. The zero-order valence-electron chi connectivity index (χ0n) is 5.91. The van der Waals surface area contributed by atoms with Crippen LogP contribution in [-0.4, -0.2) is 65.9 Å². The average molecular weight is 339 g/mol. The molecule has 0 amide bonds. The van der Waals surface area contributed by atoms with E-state index in [0.717, 1.165) is 26.4 Å². The molecule has 58 valence electrons. The minimum absolute atomic E-state index is 0. The number of hydrogen-bond donors (Lipinski definition) is 0. The normalized spacial score (nSPS) is 34.8. The molecule has 0 spiro atoms. The molecule has 0 aliphatic carbocycles. The molecule has 3 nitrogen and oxygen atoms in total. The molecule has 2 rings (SSSR count). The Morgan fingerprint density at radius 2 is 1.50 bits per heavy atom. The van der Waals surface area contributed by atoms with Crippen LogP contribution in [0.2, 0.25) is 0 Å². The zero-order chi connectivity index (χ0) is 6.10. The molecule has 0 saturated carbocycles. The zero-order valence-corrected chi connectivity index (χ0v) is 11.4. The van der Waals surface area contributed by atoms with E-state index in [9.17, 15) is 0 Å². The van der Waals surface area contributed by atoms with Crippen molar-refractivity contribution in [3.8, 4) is 0 Å². The van der Waals surface area contributed by atoms with E-state index in [2.05, 4.69) is 0 Å². The van der Waals surface area contributed by atoms with Crippen LogP contribution in [0.1, 0.15) is 0 Å². The van der Waals surface area contributed by atoms with Crippen LogP contribution in [0, 0.1) is 0 Å². The van der Waals surface area contributed by atoms with Gasteiger partial charge in [-0.25, -0.2) is 0 Å². The molecular weight excluding hydrogens is 327 g/mol. The van der Waals surface area contributed by atoms with Crippen molar-refractivity contribution < 1.29 is 14.2 Å². The van der Waals surface area contributed by atoms with Gasteiger partial charge in [-0.1, -0.05) is 0 Å². The van der Waals surface area contributed by atoms with Crippen LogP contribution in [0.3, 0.4) is 0 Å². The van der Waals surface area contributed by atoms with E-state index in [1.807, 2.05) is 0 Å². The van der Waals surface area contributed by atoms with Gasteiger partial charge in [-0.3, -0.25) is 0 Å². The van der Waals surface area contributed by atoms with E-state index in [1.165, 1.54) is 0 Å². The van der Waals surface area contributed by atoms with Crippen LogP contribution in [0.25, 0.3) is 0 Å². The van der Waals surface area contributed by atoms with Gasteiger partial charge < -0.3 is 14.2 Å². The van der Waals surface area contributed by atoms with Crippen molar-refractivity contribution in [1.82, 2.24) is 0 Å². The fourth-order valence-electron chi connectivity index (χ4n) is 0.659. The summed E-state index contributed by atoms with van der Waals surface area (Å²) in [5.74, 6) is 0. The average Bonchev–Trinajstić information content (AvgIpc) is 2.57. The Kier molecular flexibility index (Phi) is 3.55. The van der Waals surface area contributed by atoms with Crippen molar-refractivity contribution in [3.05, 3.63) is 0 Å². The van der Waals surface area contributed by atoms with Gasteiger partial charge in [0.05, 0.1) is 26.4 Å². The molecule has 2 atom stereocenters. The van der Waals surface area contributed by atoms with Crippen LogP contribution in [0.5, 0.6) is 0 Å². The third-order valence-electron chi connectivity index (χ3n) is 1.41. The molecule has 0 aromatic rings. The molecule has 2 radical (unpaired) electrons. The van der Waals surface area contributed by atoms with Crippen LogP contribution in [-0.2, 0) is 14.2 Å². The van der Waals surface area contributed by atoms with Gasteiger partial charge in [-0.15, -0.1) is 0 Å². The molecule has 2 fully saturated rings. The summed E-state index contributed by atoms with van der Waals surface area (Å²) in [7, 11) is 0. The summed E-state index contributed by atoms with van der Waals surface area (Å²) in [6.45, 7) is 3.26. The van der Waals surface area contributed by atoms with Gasteiger partial charge in [-0.05, 0) is 0 Å². The molecular formula is C6H12O3Pb. The second-order valence-electron chi connectivity index (χ2n) is 2.45. The van der Waals surface area contributed by atoms with Crippen LogP contribution >= 0.6 is 0 Å². The van der Waals surface area contributed by atoms with Crippen molar-refractivity contribution in [2.45, 2.75) is 12.2 Å². The quantitative estimate of drug-likeness (QED) is 0.481. The second kappa shape index (κ2) is 3.99. The molecule has 0 N–H and O–H groups in total. The molecule has 0 bridgehead atoms. The Balaban J connectivity index is 0.000000500. The predicted octanol–water partition coefficient (Wildman–Crippen LogP) is -1.12. The molecule has 10 heavy (non-hydrogen) atoms. The third kappa shape index (κ3) is 3.27. The molecule has 0 aromatic carbocycles. The third-order valence-corrected chi connectivity index (χ3v) is 1.41. The first-order valence-electron chi connectivity index (χ1n) is 3.26. The van der Waals surface area contributed by atoms with E-state index in [1.54, 1.807) is 0 Å². The molecule has 2 aliphatic heterocycles. The van der Waals surface area contributed by atoms with E-state index in [4.69, 9.17) is 14.2 Å². The fourth-order valence-corrected chi connectivity index (χ4v) is 0.659. The SMILES string of the molecule is C(OCC1CO1)C1CO1.[PbH2]. The van der Waals surface area contributed by atoms with Crippen molar-refractivity contribution >= 4 is 27.3 Å². The van der Waals surface area contributed by atoms with E-state index in [-0.39, 0.29) is 27.3 Å². The van der Waals surface area contributed by atoms with Crippen LogP contribution in [0.4, 0.5) is 0 Å². The maximum absolute atomic E-state index is 5.23. The summed E-state index contributed by atoms with van der Waals surface area (Å²) < 4.78 is 15.1. The Labute approximate surface area is 80.2 Å². The molecule has 0 aromatic heterocycles. The van der Waals surface area contributed by atoms with Crippen molar-refractivity contribution in [1.29, 1.82) is 0 Å². The van der Waals surface area contributed by atoms with Gasteiger partial charge in [0.2, 0.25) is 0 Å². The number of rotatable bonds is 4. The molecule has 2 aliphatic rings. The van der Waals surface area contributed by atoms with Gasteiger partial charge >= 0.3 is 27.3 Å². The topological polar surface area (TPSA) is 34.3 Å². The Hall–Kier alpha value is 0.802. The summed E-state index contributed by atoms with van der Waals surface area (Å²) >= 11 is 0. The summed E-state index contributed by atoms with van der Waals surface area (Å²) in [5.41, 5.74) is 0. The Morgan fingerprint density at radius 3 is 1.80 bits per heavy atom. The minimum atomic E-state index is 0. The fraction of sp³-hybridized carbons (Fsp3) is 1.00. The monoisotopic (exact) mass is 340 g/mol. The Morgan fingerprint density at radius 1 is 1.10 bits per heavy atom. The van der Waals surface area contributed by atoms with E-state index < -0.39 is 0 Å². The van der Waals surface area contributed by atoms with Crippen molar-refractivity contribution in [2.24, 2.45) is 0 Å². The predicted molar refractivity (Wildman–Crippen MR) is 38.8 cm³/mol. The first-order chi connectivity index (χ1) is 4.45. The maximum atomic E-state index is 5.23. The molecule has 2 unspecified atom stereocenters. The van der Waals surface area contributed by atoms with Gasteiger partial charge in [0.1, 0.15) is 12.2 Å². The van der Waals surface area contributed by atoms with Gasteiger partial charge in [0.15, 0.2) is 0 Å². The van der Waals surface area contributed by atoms with Gasteiger partial charge in [-0.2, -0.15) is 0 Å².